The van der Waals surface area contributed by atoms with Crippen LogP contribution in [0.1, 0.15) is 32.8 Å². The summed E-state index contributed by atoms with van der Waals surface area (Å²) in [6.45, 7) is 6.82. The van der Waals surface area contributed by atoms with Crippen molar-refractivity contribution in [1.29, 1.82) is 0 Å². The second-order valence-corrected chi connectivity index (χ2v) is 4.31. The monoisotopic (exact) mass is 293 g/mol. The smallest absolute Gasteiger partial charge is 0.128 e. The zero-order valence-electron chi connectivity index (χ0n) is 11.3. The topological polar surface area (TPSA) is 41.8 Å². The van der Waals surface area contributed by atoms with Crippen molar-refractivity contribution in [2.75, 3.05) is 13.7 Å². The zero-order chi connectivity index (χ0) is 12.8. The fourth-order valence-corrected chi connectivity index (χ4v) is 1.38. The maximum absolute atomic E-state index is 9.85. The van der Waals surface area contributed by atoms with Gasteiger partial charge in [-0.3, -0.25) is 4.99 Å². The van der Waals surface area contributed by atoms with E-state index in [1.54, 1.807) is 13.1 Å². The maximum atomic E-state index is 9.85. The Hall–Kier alpha value is -1.02. The van der Waals surface area contributed by atoms with E-state index < -0.39 is 0 Å². The van der Waals surface area contributed by atoms with Gasteiger partial charge in [0.15, 0.2) is 0 Å². The number of phenolic OH excluding ortho intramolecular Hbond substituents is 1. The van der Waals surface area contributed by atoms with Gasteiger partial charge >= 0.3 is 0 Å². The number of phenols is 1. The van der Waals surface area contributed by atoms with E-state index in [1.807, 2.05) is 19.1 Å². The van der Waals surface area contributed by atoms with Crippen molar-refractivity contribution in [2.24, 2.45) is 10.9 Å². The van der Waals surface area contributed by atoms with Crippen LogP contribution in [0.25, 0.3) is 0 Å². The van der Waals surface area contributed by atoms with Crippen LogP contribution in [0.4, 0.5) is 0 Å². The third-order valence-corrected chi connectivity index (χ3v) is 2.93. The molecule has 0 radical (unpaired) electrons. The Kier molecular flexibility index (Phi) is 7.69. The summed E-state index contributed by atoms with van der Waals surface area (Å²) in [5.41, 5.74) is 1.57. The van der Waals surface area contributed by atoms with Crippen LogP contribution in [0, 0.1) is 5.92 Å². The Balaban J connectivity index is 0.00000289. The summed E-state index contributed by atoms with van der Waals surface area (Å²) in [4.78, 5) is 4.05. The molecule has 1 aromatic carbocycles. The molecule has 0 spiro atoms. The maximum Gasteiger partial charge on any atom is 0.128 e. The number of ether oxygens (including phenoxy) is 1. The predicted octanol–water partition coefficient (Wildman–Crippen LogP) is 3.25. The molecule has 1 aromatic rings. The summed E-state index contributed by atoms with van der Waals surface area (Å²) >= 11 is 0. The number of aromatic hydroxyl groups is 1. The summed E-state index contributed by atoms with van der Waals surface area (Å²) in [5, 5.41) is 9.85. The van der Waals surface area contributed by atoms with Gasteiger partial charge in [0.05, 0.1) is 6.61 Å². The average Bonchev–Trinajstić information content (AvgIpc) is 2.35. The molecule has 0 aliphatic rings. The molecule has 3 nitrogen and oxygen atoms in total. The molecule has 0 aromatic heterocycles. The molecule has 0 bridgehead atoms. The first-order chi connectivity index (χ1) is 8.08. The molecule has 1 atom stereocenters. The van der Waals surface area contributed by atoms with Crippen LogP contribution in [-0.2, 0) is 16.5 Å². The molecule has 0 saturated carbocycles. The summed E-state index contributed by atoms with van der Waals surface area (Å²) in [6, 6.07) is 5.35. The summed E-state index contributed by atoms with van der Waals surface area (Å²) < 4.78 is 5.61. The van der Waals surface area contributed by atoms with Gasteiger partial charge in [0, 0.05) is 40.9 Å². The Morgan fingerprint density at radius 2 is 2.11 bits per heavy atom. The van der Waals surface area contributed by atoms with Crippen molar-refractivity contribution in [3.8, 4) is 11.5 Å². The number of rotatable bonds is 5. The van der Waals surface area contributed by atoms with Crippen molar-refractivity contribution < 1.29 is 26.3 Å². The molecule has 1 N–H and O–H groups in total. The Morgan fingerprint density at radius 3 is 2.61 bits per heavy atom. The first-order valence-electron chi connectivity index (χ1n) is 5.98. The molecule has 1 unspecified atom stereocenters. The zero-order valence-corrected chi connectivity index (χ0v) is 12.3. The largest absolute Gasteiger partial charge is 0.507 e. The molecule has 18 heavy (non-hydrogen) atoms. The van der Waals surface area contributed by atoms with Crippen molar-refractivity contribution in [3.05, 3.63) is 23.8 Å². The number of hydrogen-bond donors (Lipinski definition) is 1. The van der Waals surface area contributed by atoms with E-state index in [-0.39, 0.29) is 22.2 Å². The van der Waals surface area contributed by atoms with E-state index in [1.165, 1.54) is 0 Å². The Labute approximate surface area is 119 Å². The van der Waals surface area contributed by atoms with Gasteiger partial charge < -0.3 is 9.84 Å². The van der Waals surface area contributed by atoms with Gasteiger partial charge in [-0.2, -0.15) is 0 Å². The van der Waals surface area contributed by atoms with Crippen LogP contribution in [0.2, 0.25) is 0 Å². The van der Waals surface area contributed by atoms with E-state index in [0.29, 0.717) is 18.3 Å². The van der Waals surface area contributed by atoms with Crippen LogP contribution in [0.5, 0.6) is 11.5 Å². The standard InChI is InChI=1S/C14H21NO2.Ni/c1-5-10(2)9-17-12-6-7-13(11(3)15-4)14(16)8-12;/h6-8,10,16H,5,9H2,1-4H3;. The van der Waals surface area contributed by atoms with Crippen molar-refractivity contribution >= 4 is 5.71 Å². The molecule has 0 saturated heterocycles. The fraction of sp³-hybridized carbons (Fsp3) is 0.500. The van der Waals surface area contributed by atoms with Gasteiger partial charge in [-0.1, -0.05) is 20.3 Å². The number of benzene rings is 1. The second kappa shape index (κ2) is 8.15. The molecule has 0 aliphatic carbocycles. The number of hydrogen-bond acceptors (Lipinski definition) is 3. The van der Waals surface area contributed by atoms with Crippen LogP contribution < -0.4 is 4.74 Å². The van der Waals surface area contributed by atoms with Crippen LogP contribution in [-0.4, -0.2) is 24.5 Å². The average molecular weight is 294 g/mol. The van der Waals surface area contributed by atoms with Gasteiger partial charge in [0.2, 0.25) is 0 Å². The SMILES string of the molecule is CCC(C)COc1ccc(C(C)=NC)c(O)c1.[Ni]. The fourth-order valence-electron chi connectivity index (χ4n) is 1.38. The molecule has 0 aliphatic heterocycles. The van der Waals surface area contributed by atoms with E-state index in [0.717, 1.165) is 17.7 Å². The molecule has 0 fully saturated rings. The van der Waals surface area contributed by atoms with Gasteiger partial charge in [0.1, 0.15) is 11.5 Å². The molecule has 0 heterocycles. The molecule has 4 heteroatoms. The van der Waals surface area contributed by atoms with E-state index in [9.17, 15) is 5.11 Å². The summed E-state index contributed by atoms with van der Waals surface area (Å²) in [5.74, 6) is 1.45. The Bertz CT molecular complexity index is 405. The third-order valence-electron chi connectivity index (χ3n) is 2.93. The third kappa shape index (κ3) is 4.69. The van der Waals surface area contributed by atoms with Crippen LogP contribution in [0.3, 0.4) is 0 Å². The summed E-state index contributed by atoms with van der Waals surface area (Å²) in [7, 11) is 1.71. The molecule has 0 amide bonds. The molecular weight excluding hydrogens is 273 g/mol. The quantitative estimate of drug-likeness (QED) is 0.669. The molecule has 1 rings (SSSR count). The predicted molar refractivity (Wildman–Crippen MR) is 71.2 cm³/mol. The van der Waals surface area contributed by atoms with Crippen molar-refractivity contribution in [1.82, 2.24) is 0 Å². The minimum absolute atomic E-state index is 0. The van der Waals surface area contributed by atoms with Crippen molar-refractivity contribution in [3.63, 3.8) is 0 Å². The van der Waals surface area contributed by atoms with Crippen LogP contribution in [0.15, 0.2) is 23.2 Å². The van der Waals surface area contributed by atoms with Gasteiger partial charge in [0.25, 0.3) is 0 Å². The van der Waals surface area contributed by atoms with E-state index >= 15 is 0 Å². The summed E-state index contributed by atoms with van der Waals surface area (Å²) in [6.07, 6.45) is 1.09. The van der Waals surface area contributed by atoms with Gasteiger partial charge in [-0.05, 0) is 25.0 Å². The molecular formula is C14H21NNiO2. The van der Waals surface area contributed by atoms with E-state index in [2.05, 4.69) is 18.8 Å². The normalized spacial score (nSPS) is 12.8. The van der Waals surface area contributed by atoms with Crippen molar-refractivity contribution in [2.45, 2.75) is 27.2 Å². The minimum Gasteiger partial charge on any atom is -0.507 e. The van der Waals surface area contributed by atoms with Gasteiger partial charge in [-0.25, -0.2) is 0 Å². The number of nitrogens with zero attached hydrogens (tertiary/aromatic N) is 1. The first kappa shape index (κ1) is 17.0. The second-order valence-electron chi connectivity index (χ2n) is 4.31. The van der Waals surface area contributed by atoms with E-state index in [4.69, 9.17) is 4.74 Å². The minimum atomic E-state index is 0. The Morgan fingerprint density at radius 1 is 1.44 bits per heavy atom. The van der Waals surface area contributed by atoms with Crippen LogP contribution >= 0.6 is 0 Å². The molecule has 104 valence electrons. The number of aliphatic imine (C=N–C) groups is 1. The van der Waals surface area contributed by atoms with Gasteiger partial charge in [-0.15, -0.1) is 0 Å². The first-order valence-corrected chi connectivity index (χ1v) is 5.98.